The number of hydrogen-bond donors (Lipinski definition) is 1. The van der Waals surface area contributed by atoms with Gasteiger partial charge in [0, 0.05) is 28.9 Å². The summed E-state index contributed by atoms with van der Waals surface area (Å²) in [7, 11) is -3.65. The fourth-order valence-corrected chi connectivity index (χ4v) is 5.42. The minimum absolute atomic E-state index is 0.224. The molecule has 4 rings (SSSR count). The van der Waals surface area contributed by atoms with Crippen LogP contribution < -0.4 is 9.62 Å². The summed E-state index contributed by atoms with van der Waals surface area (Å²) in [5.41, 5.74) is 3.11. The molecule has 7 nitrogen and oxygen atoms in total. The molecule has 0 saturated heterocycles. The van der Waals surface area contributed by atoms with Gasteiger partial charge in [0.05, 0.1) is 22.8 Å². The minimum atomic E-state index is -3.65. The highest BCUT2D eigenvalue weighted by atomic mass is 32.2. The Balaban J connectivity index is 1.65. The number of esters is 1. The molecule has 1 amide bonds. The molecule has 8 heteroatoms. The molecule has 0 aliphatic carbocycles. The normalized spacial score (nSPS) is 13.6. The smallest absolute Gasteiger partial charge is 0.338 e. The molecule has 0 bridgehead atoms. The number of carbonyl (C=O) groups is 2. The first-order valence-corrected chi connectivity index (χ1v) is 11.7. The molecule has 0 fully saturated rings. The van der Waals surface area contributed by atoms with Crippen LogP contribution in [0.15, 0.2) is 71.6 Å². The first-order chi connectivity index (χ1) is 15.4. The Labute approximate surface area is 186 Å². The fourth-order valence-electron chi connectivity index (χ4n) is 3.72. The molecule has 0 atom stereocenters. The van der Waals surface area contributed by atoms with Gasteiger partial charge in [-0.1, -0.05) is 18.2 Å². The van der Waals surface area contributed by atoms with Crippen LogP contribution in [0.2, 0.25) is 0 Å². The van der Waals surface area contributed by atoms with E-state index in [9.17, 15) is 18.0 Å². The van der Waals surface area contributed by atoms with E-state index in [1.54, 1.807) is 80.6 Å². The lowest BCUT2D eigenvalue weighted by atomic mass is 10.00. The second kappa shape index (κ2) is 8.47. The first kappa shape index (κ1) is 21.6. The molecule has 1 aliphatic heterocycles. The fraction of sp³-hybridized carbons (Fsp3) is 0.167. The summed E-state index contributed by atoms with van der Waals surface area (Å²) < 4.78 is 32.3. The van der Waals surface area contributed by atoms with Crippen molar-refractivity contribution in [2.45, 2.75) is 18.7 Å². The van der Waals surface area contributed by atoms with Crippen molar-refractivity contribution in [3.05, 3.63) is 77.9 Å². The van der Waals surface area contributed by atoms with E-state index in [2.05, 4.69) is 5.32 Å². The van der Waals surface area contributed by atoms with E-state index >= 15 is 0 Å². The Morgan fingerprint density at radius 1 is 0.906 bits per heavy atom. The number of ether oxygens (including phenoxy) is 1. The highest BCUT2D eigenvalue weighted by Crippen LogP contribution is 2.43. The van der Waals surface area contributed by atoms with Gasteiger partial charge in [-0.05, 0) is 62.4 Å². The highest BCUT2D eigenvalue weighted by Gasteiger charge is 2.34. The van der Waals surface area contributed by atoms with E-state index in [0.717, 1.165) is 0 Å². The molecule has 0 unspecified atom stereocenters. The Morgan fingerprint density at radius 2 is 1.59 bits per heavy atom. The van der Waals surface area contributed by atoms with E-state index in [-0.39, 0.29) is 24.0 Å². The van der Waals surface area contributed by atoms with Crippen molar-refractivity contribution in [1.82, 2.24) is 0 Å². The van der Waals surface area contributed by atoms with Crippen molar-refractivity contribution in [2.24, 2.45) is 0 Å². The van der Waals surface area contributed by atoms with Crippen LogP contribution in [0.1, 0.15) is 34.6 Å². The van der Waals surface area contributed by atoms with Crippen LogP contribution in [0.25, 0.3) is 11.1 Å². The average Bonchev–Trinajstić information content (AvgIpc) is 2.79. The van der Waals surface area contributed by atoms with Crippen LogP contribution in [0.5, 0.6) is 0 Å². The number of nitrogens with zero attached hydrogens (tertiary/aromatic N) is 1. The summed E-state index contributed by atoms with van der Waals surface area (Å²) in [4.78, 5) is 24.9. The molecule has 0 aromatic heterocycles. The number of sulfonamides is 1. The largest absolute Gasteiger partial charge is 0.462 e. The van der Waals surface area contributed by atoms with Gasteiger partial charge in [-0.3, -0.25) is 9.10 Å². The third-order valence-electron chi connectivity index (χ3n) is 5.21. The Kier molecular flexibility index (Phi) is 5.71. The minimum Gasteiger partial charge on any atom is -0.462 e. The lowest BCUT2D eigenvalue weighted by molar-refractivity contribution is 0.0526. The zero-order valence-corrected chi connectivity index (χ0v) is 18.5. The zero-order valence-electron chi connectivity index (χ0n) is 17.7. The Bertz CT molecular complexity index is 1300. The predicted octanol–water partition coefficient (Wildman–Crippen LogP) is 4.31. The molecule has 0 saturated carbocycles. The van der Waals surface area contributed by atoms with Crippen molar-refractivity contribution in [3.63, 3.8) is 0 Å². The monoisotopic (exact) mass is 450 g/mol. The molecule has 164 valence electrons. The molecule has 1 N–H and O–H groups in total. The molecular formula is C24H22N2O5S. The van der Waals surface area contributed by atoms with Gasteiger partial charge in [-0.2, -0.15) is 0 Å². The number of hydrogen-bond acceptors (Lipinski definition) is 5. The van der Waals surface area contributed by atoms with Crippen LogP contribution in [0, 0.1) is 0 Å². The first-order valence-electron chi connectivity index (χ1n) is 10.2. The quantitative estimate of drug-likeness (QED) is 0.585. The van der Waals surface area contributed by atoms with Crippen molar-refractivity contribution < 1.29 is 22.7 Å². The maximum absolute atomic E-state index is 13.0. The molecule has 0 radical (unpaired) electrons. The van der Waals surface area contributed by atoms with Gasteiger partial charge in [0.15, 0.2) is 0 Å². The molecular weight excluding hydrogens is 428 g/mol. The second-order valence-corrected chi connectivity index (χ2v) is 8.98. The maximum Gasteiger partial charge on any atom is 0.338 e. The second-order valence-electron chi connectivity index (χ2n) is 7.15. The summed E-state index contributed by atoms with van der Waals surface area (Å²) in [6.45, 7) is 4.08. The molecule has 3 aromatic rings. The lowest BCUT2D eigenvalue weighted by Gasteiger charge is -2.31. The summed E-state index contributed by atoms with van der Waals surface area (Å²) in [5, 5.41) is 2.81. The van der Waals surface area contributed by atoms with Crippen molar-refractivity contribution in [2.75, 3.05) is 22.8 Å². The van der Waals surface area contributed by atoms with Crippen LogP contribution >= 0.6 is 0 Å². The van der Waals surface area contributed by atoms with Gasteiger partial charge in [0.1, 0.15) is 0 Å². The Hall–Kier alpha value is -3.65. The summed E-state index contributed by atoms with van der Waals surface area (Å²) in [5.74, 6) is -0.764. The molecule has 0 spiro atoms. The number of fused-ring (bicyclic) bond motifs is 3. The number of benzene rings is 3. The van der Waals surface area contributed by atoms with E-state index in [1.807, 2.05) is 0 Å². The summed E-state index contributed by atoms with van der Waals surface area (Å²) >= 11 is 0. The van der Waals surface area contributed by atoms with Crippen molar-refractivity contribution in [3.8, 4) is 11.1 Å². The van der Waals surface area contributed by atoms with Gasteiger partial charge in [0.25, 0.3) is 15.9 Å². The average molecular weight is 451 g/mol. The zero-order chi connectivity index (χ0) is 22.9. The van der Waals surface area contributed by atoms with Gasteiger partial charge < -0.3 is 10.1 Å². The standard InChI is InChI=1S/C24H22N2O5S/c1-3-26-21-14-11-17(15-20(21)19-7-5-6-8-22(19)32(26,29)30)23(27)25-18-12-9-16(10-13-18)24(28)31-4-2/h5-15H,3-4H2,1-2H3,(H,25,27). The Morgan fingerprint density at radius 3 is 2.28 bits per heavy atom. The SMILES string of the molecule is CCOC(=O)c1ccc(NC(=O)c2ccc3c(c2)-c2ccccc2S(=O)(=O)N3CC)cc1. The lowest BCUT2D eigenvalue weighted by Crippen LogP contribution is -2.34. The summed E-state index contributed by atoms with van der Waals surface area (Å²) in [6, 6.07) is 18.2. The molecule has 1 aliphatic rings. The van der Waals surface area contributed by atoms with Gasteiger partial charge in [0.2, 0.25) is 0 Å². The third kappa shape index (κ3) is 3.73. The summed E-state index contributed by atoms with van der Waals surface area (Å²) in [6.07, 6.45) is 0. The number of anilines is 2. The van der Waals surface area contributed by atoms with Crippen molar-refractivity contribution in [1.29, 1.82) is 0 Å². The van der Waals surface area contributed by atoms with Crippen molar-refractivity contribution >= 4 is 33.3 Å². The predicted molar refractivity (Wildman–Crippen MR) is 122 cm³/mol. The molecule has 3 aromatic carbocycles. The van der Waals surface area contributed by atoms with Gasteiger partial charge in [-0.15, -0.1) is 0 Å². The van der Waals surface area contributed by atoms with E-state index in [0.29, 0.717) is 33.6 Å². The van der Waals surface area contributed by atoms with E-state index < -0.39 is 16.0 Å². The van der Waals surface area contributed by atoms with Crippen LogP contribution in [0.4, 0.5) is 11.4 Å². The topological polar surface area (TPSA) is 92.8 Å². The number of amides is 1. The molecule has 1 heterocycles. The number of rotatable bonds is 5. The van der Waals surface area contributed by atoms with Gasteiger partial charge >= 0.3 is 5.97 Å². The van der Waals surface area contributed by atoms with E-state index in [4.69, 9.17) is 4.74 Å². The van der Waals surface area contributed by atoms with Gasteiger partial charge in [-0.25, -0.2) is 13.2 Å². The molecule has 32 heavy (non-hydrogen) atoms. The number of nitrogens with one attached hydrogen (secondary N) is 1. The maximum atomic E-state index is 13.0. The van der Waals surface area contributed by atoms with E-state index in [1.165, 1.54) is 4.31 Å². The third-order valence-corrected chi connectivity index (χ3v) is 7.16. The van der Waals surface area contributed by atoms with Crippen LogP contribution in [-0.2, 0) is 14.8 Å². The van der Waals surface area contributed by atoms with Crippen LogP contribution in [0.3, 0.4) is 0 Å². The number of carbonyl (C=O) groups excluding carboxylic acids is 2. The van der Waals surface area contributed by atoms with Crippen LogP contribution in [-0.4, -0.2) is 33.4 Å². The highest BCUT2D eigenvalue weighted by molar-refractivity contribution is 7.93.